The van der Waals surface area contributed by atoms with Crippen LogP contribution < -0.4 is 4.90 Å². The van der Waals surface area contributed by atoms with Gasteiger partial charge < -0.3 is 0 Å². The molecule has 0 radical (unpaired) electrons. The summed E-state index contributed by atoms with van der Waals surface area (Å²) < 4.78 is 1.00. The molecule has 39 heavy (non-hydrogen) atoms. The summed E-state index contributed by atoms with van der Waals surface area (Å²) in [4.78, 5) is 30.9. The number of amides is 1. The van der Waals surface area contributed by atoms with Crippen molar-refractivity contribution >= 4 is 60.8 Å². The number of hydrogen-bond acceptors (Lipinski definition) is 6. The summed E-state index contributed by atoms with van der Waals surface area (Å²) in [5.41, 5.74) is 7.60. The normalized spacial score (nSPS) is 12.6. The number of aromatic nitrogens is 3. The number of thiophene rings is 1. The van der Waals surface area contributed by atoms with E-state index in [1.165, 1.54) is 22.9 Å². The highest BCUT2D eigenvalue weighted by atomic mass is 32.2. The Morgan fingerprint density at radius 3 is 2.15 bits per heavy atom. The van der Waals surface area contributed by atoms with Crippen LogP contribution in [0.4, 0.5) is 11.4 Å². The number of benzene rings is 3. The highest BCUT2D eigenvalue weighted by Crippen LogP contribution is 2.44. The molecule has 0 N–H and O–H groups in total. The van der Waals surface area contributed by atoms with Gasteiger partial charge in [0.25, 0.3) is 0 Å². The number of thioether (sulfide) groups is 1. The number of carbonyl (C=O) groups is 1. The number of para-hydroxylation sites is 2. The van der Waals surface area contributed by atoms with Crippen LogP contribution in [0.3, 0.4) is 0 Å². The van der Waals surface area contributed by atoms with Crippen molar-refractivity contribution < 1.29 is 4.79 Å². The van der Waals surface area contributed by atoms with Gasteiger partial charge in [0.15, 0.2) is 0 Å². The Hall–Kier alpha value is -4.07. The van der Waals surface area contributed by atoms with Gasteiger partial charge in [-0.05, 0) is 54.7 Å². The lowest BCUT2D eigenvalue weighted by molar-refractivity contribution is -0.115. The lowest BCUT2D eigenvalue weighted by Gasteiger charge is -2.22. The van der Waals surface area contributed by atoms with Crippen LogP contribution in [0.2, 0.25) is 0 Å². The van der Waals surface area contributed by atoms with Gasteiger partial charge in [0, 0.05) is 22.3 Å². The van der Waals surface area contributed by atoms with Gasteiger partial charge in [-0.2, -0.15) is 0 Å². The Bertz CT molecular complexity index is 1770. The molecule has 0 aliphatic heterocycles. The largest absolute Gasteiger partial charge is 0.280 e. The van der Waals surface area contributed by atoms with Gasteiger partial charge in [0.1, 0.15) is 16.2 Å². The topological polar surface area (TPSA) is 59.0 Å². The van der Waals surface area contributed by atoms with Crippen molar-refractivity contribution in [1.29, 1.82) is 0 Å². The van der Waals surface area contributed by atoms with E-state index in [-0.39, 0.29) is 11.7 Å². The van der Waals surface area contributed by atoms with Crippen molar-refractivity contribution in [1.82, 2.24) is 15.0 Å². The van der Waals surface area contributed by atoms with Crippen molar-refractivity contribution in [2.45, 2.75) is 24.3 Å². The Morgan fingerprint density at radius 2 is 1.46 bits per heavy atom. The number of aryl methyl sites for hydroxylation is 1. The van der Waals surface area contributed by atoms with Crippen LogP contribution in [-0.4, -0.2) is 26.6 Å². The standard InChI is InChI=1S/C32H24N4OS2/c37-26(36(22-13-6-2-7-14-22)23-15-8-3-9-16-23)19-38-32-30-29(33-20-34-32)27-24-17-10-18-25(24)28(35-31(27)39-30)21-11-4-1-5-12-21/h1-9,11-16,20H,10,17-19H2. The zero-order valence-electron chi connectivity index (χ0n) is 21.1. The maximum absolute atomic E-state index is 13.6. The van der Waals surface area contributed by atoms with Crippen LogP contribution >= 0.6 is 23.1 Å². The molecule has 1 aliphatic rings. The highest BCUT2D eigenvalue weighted by Gasteiger charge is 2.25. The third-order valence-electron chi connectivity index (χ3n) is 7.10. The molecule has 190 valence electrons. The maximum atomic E-state index is 13.6. The monoisotopic (exact) mass is 544 g/mol. The summed E-state index contributed by atoms with van der Waals surface area (Å²) in [5, 5.41) is 1.98. The van der Waals surface area contributed by atoms with Gasteiger partial charge in [0.2, 0.25) is 5.91 Å². The minimum absolute atomic E-state index is 0.00402. The molecule has 0 saturated carbocycles. The summed E-state index contributed by atoms with van der Waals surface area (Å²) in [7, 11) is 0. The molecule has 1 aliphatic carbocycles. The highest BCUT2D eigenvalue weighted by molar-refractivity contribution is 8.00. The maximum Gasteiger partial charge on any atom is 0.241 e. The first-order valence-corrected chi connectivity index (χ1v) is 14.8. The Morgan fingerprint density at radius 1 is 0.821 bits per heavy atom. The van der Waals surface area contributed by atoms with Crippen molar-refractivity contribution in [3.63, 3.8) is 0 Å². The zero-order chi connectivity index (χ0) is 26.2. The summed E-state index contributed by atoms with van der Waals surface area (Å²) in [5.74, 6) is 0.251. The van der Waals surface area contributed by atoms with Crippen molar-refractivity contribution in [3.8, 4) is 11.3 Å². The van der Waals surface area contributed by atoms with E-state index in [1.807, 2.05) is 66.7 Å². The van der Waals surface area contributed by atoms with E-state index >= 15 is 0 Å². The quantitative estimate of drug-likeness (QED) is 0.158. The molecule has 5 nitrogen and oxygen atoms in total. The summed E-state index contributed by atoms with van der Waals surface area (Å²) in [6, 6.07) is 30.0. The Labute approximate surface area is 234 Å². The Balaban J connectivity index is 1.26. The van der Waals surface area contributed by atoms with Gasteiger partial charge in [0.05, 0.1) is 21.7 Å². The predicted molar refractivity (Wildman–Crippen MR) is 161 cm³/mol. The molecular formula is C32H24N4OS2. The summed E-state index contributed by atoms with van der Waals surface area (Å²) in [6.45, 7) is 0. The second-order valence-electron chi connectivity index (χ2n) is 9.46. The van der Waals surface area contributed by atoms with Crippen LogP contribution in [0, 0.1) is 0 Å². The third kappa shape index (κ3) is 4.37. The molecule has 0 saturated heterocycles. The van der Waals surface area contributed by atoms with Crippen LogP contribution in [0.25, 0.3) is 31.7 Å². The smallest absolute Gasteiger partial charge is 0.241 e. The number of anilines is 2. The number of pyridine rings is 1. The minimum atomic E-state index is -0.00402. The molecule has 3 aromatic carbocycles. The fraction of sp³-hybridized carbons (Fsp3) is 0.125. The van der Waals surface area contributed by atoms with E-state index in [4.69, 9.17) is 9.97 Å². The summed E-state index contributed by atoms with van der Waals surface area (Å²) in [6.07, 6.45) is 4.83. The average Bonchev–Trinajstić information content (AvgIpc) is 3.62. The van der Waals surface area contributed by atoms with E-state index in [9.17, 15) is 4.79 Å². The SMILES string of the molecule is O=C(CSc1ncnc2c1sc1nc(-c3ccccc3)c3c(c12)CCC3)N(c1ccccc1)c1ccccc1. The number of rotatable bonds is 6. The van der Waals surface area contributed by atoms with Crippen LogP contribution in [0.1, 0.15) is 17.5 Å². The molecule has 1 amide bonds. The zero-order valence-corrected chi connectivity index (χ0v) is 22.7. The average molecular weight is 545 g/mol. The van der Waals surface area contributed by atoms with Crippen molar-refractivity contribution in [2.24, 2.45) is 0 Å². The molecule has 0 fully saturated rings. The molecule has 0 bridgehead atoms. The molecule has 3 heterocycles. The van der Waals surface area contributed by atoms with Crippen LogP contribution in [0.15, 0.2) is 102 Å². The number of nitrogens with zero attached hydrogens (tertiary/aromatic N) is 4. The molecule has 0 unspecified atom stereocenters. The first-order chi connectivity index (χ1) is 19.3. The fourth-order valence-electron chi connectivity index (χ4n) is 5.40. The minimum Gasteiger partial charge on any atom is -0.280 e. The third-order valence-corrected chi connectivity index (χ3v) is 9.28. The first kappa shape index (κ1) is 24.0. The van der Waals surface area contributed by atoms with Gasteiger partial charge in [-0.3, -0.25) is 9.69 Å². The van der Waals surface area contributed by atoms with E-state index in [0.29, 0.717) is 0 Å². The van der Waals surface area contributed by atoms with Gasteiger partial charge in [-0.1, -0.05) is 78.5 Å². The molecule has 7 rings (SSSR count). The van der Waals surface area contributed by atoms with Gasteiger partial charge >= 0.3 is 0 Å². The number of hydrogen-bond donors (Lipinski definition) is 0. The summed E-state index contributed by atoms with van der Waals surface area (Å²) >= 11 is 3.10. The van der Waals surface area contributed by atoms with Gasteiger partial charge in [-0.15, -0.1) is 11.3 Å². The lowest BCUT2D eigenvalue weighted by atomic mass is 10.0. The second-order valence-corrected chi connectivity index (χ2v) is 11.4. The van der Waals surface area contributed by atoms with Crippen LogP contribution in [-0.2, 0) is 17.6 Å². The molecule has 0 atom stereocenters. The van der Waals surface area contributed by atoms with E-state index in [2.05, 4.69) is 29.2 Å². The number of fused-ring (bicyclic) bond motifs is 5. The van der Waals surface area contributed by atoms with E-state index in [0.717, 1.165) is 67.4 Å². The van der Waals surface area contributed by atoms with Crippen LogP contribution in [0.5, 0.6) is 0 Å². The van der Waals surface area contributed by atoms with E-state index in [1.54, 1.807) is 22.6 Å². The van der Waals surface area contributed by atoms with Gasteiger partial charge in [-0.25, -0.2) is 15.0 Å². The molecule has 3 aromatic heterocycles. The molecule has 0 spiro atoms. The van der Waals surface area contributed by atoms with Crippen molar-refractivity contribution in [3.05, 3.63) is 108 Å². The Kier molecular flexibility index (Phi) is 6.31. The lowest BCUT2D eigenvalue weighted by Crippen LogP contribution is -2.27. The van der Waals surface area contributed by atoms with Crippen molar-refractivity contribution in [2.75, 3.05) is 10.7 Å². The second kappa shape index (κ2) is 10.2. The first-order valence-electron chi connectivity index (χ1n) is 13.0. The van der Waals surface area contributed by atoms with E-state index < -0.39 is 0 Å². The number of carbonyl (C=O) groups excluding carboxylic acids is 1. The molecule has 7 heteroatoms. The molecule has 6 aromatic rings. The molecular weight excluding hydrogens is 521 g/mol. The predicted octanol–water partition coefficient (Wildman–Crippen LogP) is 7.85. The fourth-order valence-corrected chi connectivity index (χ4v) is 7.48.